The minimum Gasteiger partial charge on any atom is -0.314 e. The molecule has 0 bridgehead atoms. The van der Waals surface area contributed by atoms with E-state index in [0.717, 1.165) is 30.3 Å². The van der Waals surface area contributed by atoms with Crippen LogP contribution in [0.2, 0.25) is 0 Å². The van der Waals surface area contributed by atoms with Crippen LogP contribution in [0.1, 0.15) is 49.7 Å². The molecule has 1 N–H and O–H groups in total. The molecule has 0 saturated heterocycles. The summed E-state index contributed by atoms with van der Waals surface area (Å²) in [5.41, 5.74) is 2.96. The lowest BCUT2D eigenvalue weighted by Gasteiger charge is -2.18. The Labute approximate surface area is 110 Å². The van der Waals surface area contributed by atoms with Crippen molar-refractivity contribution >= 4 is 11.3 Å². The van der Waals surface area contributed by atoms with Crippen LogP contribution >= 0.6 is 11.3 Å². The molecule has 5 nitrogen and oxygen atoms in total. The molecule has 0 fully saturated rings. The Balaban J connectivity index is 1.73. The van der Waals surface area contributed by atoms with E-state index in [0.29, 0.717) is 0 Å². The first-order chi connectivity index (χ1) is 8.75. The van der Waals surface area contributed by atoms with E-state index in [2.05, 4.69) is 44.3 Å². The second-order valence-corrected chi connectivity index (χ2v) is 5.47. The maximum atomic E-state index is 4.34. The normalized spacial score (nSPS) is 17.7. The second-order valence-electron chi connectivity index (χ2n) is 4.75. The first-order valence-corrected chi connectivity index (χ1v) is 7.26. The summed E-state index contributed by atoms with van der Waals surface area (Å²) in [6, 6.07) is 0.432. The zero-order valence-electron chi connectivity index (χ0n) is 10.6. The summed E-state index contributed by atoms with van der Waals surface area (Å²) in [5.74, 6) is 2.17. The van der Waals surface area contributed by atoms with Crippen molar-refractivity contribution in [3.63, 3.8) is 0 Å². The van der Waals surface area contributed by atoms with Gasteiger partial charge in [0.2, 0.25) is 0 Å². The van der Waals surface area contributed by atoms with Crippen LogP contribution in [0.4, 0.5) is 0 Å². The fourth-order valence-corrected chi connectivity index (χ4v) is 3.11. The van der Waals surface area contributed by atoms with Gasteiger partial charge in [-0.15, -0.1) is 21.5 Å². The van der Waals surface area contributed by atoms with Gasteiger partial charge in [0.05, 0.1) is 17.2 Å². The predicted molar refractivity (Wildman–Crippen MR) is 70.4 cm³/mol. The van der Waals surface area contributed by atoms with E-state index in [1.165, 1.54) is 6.42 Å². The Morgan fingerprint density at radius 1 is 1.33 bits per heavy atom. The fourth-order valence-electron chi connectivity index (χ4n) is 2.46. The first kappa shape index (κ1) is 11.8. The van der Waals surface area contributed by atoms with Crippen molar-refractivity contribution in [2.45, 2.75) is 45.3 Å². The van der Waals surface area contributed by atoms with Crippen molar-refractivity contribution in [1.29, 1.82) is 0 Å². The van der Waals surface area contributed by atoms with Gasteiger partial charge in [-0.3, -0.25) is 5.32 Å². The molecule has 0 amide bonds. The molecular formula is C12H17N5S. The lowest BCUT2D eigenvalue weighted by molar-refractivity contribution is 0.454. The summed E-state index contributed by atoms with van der Waals surface area (Å²) >= 11 is 1.63. The van der Waals surface area contributed by atoms with Crippen LogP contribution in [0.25, 0.3) is 0 Å². The zero-order valence-corrected chi connectivity index (χ0v) is 11.4. The number of aromatic nitrogens is 4. The third-order valence-corrected chi connectivity index (χ3v) is 4.03. The lowest BCUT2D eigenvalue weighted by Crippen LogP contribution is -2.25. The van der Waals surface area contributed by atoms with Crippen LogP contribution in [-0.2, 0) is 13.0 Å². The van der Waals surface area contributed by atoms with Gasteiger partial charge in [0.1, 0.15) is 11.6 Å². The van der Waals surface area contributed by atoms with Gasteiger partial charge < -0.3 is 4.57 Å². The Kier molecular flexibility index (Phi) is 3.13. The molecule has 3 heterocycles. The third kappa shape index (κ3) is 2.06. The number of hydrogen-bond acceptors (Lipinski definition) is 5. The number of rotatable bonds is 4. The topological polar surface area (TPSA) is 55.6 Å². The molecule has 2 aromatic rings. The maximum Gasteiger partial charge on any atom is 0.149 e. The molecule has 18 heavy (non-hydrogen) atoms. The number of thiazole rings is 1. The van der Waals surface area contributed by atoms with Crippen LogP contribution in [-0.4, -0.2) is 19.7 Å². The Morgan fingerprint density at radius 2 is 2.22 bits per heavy atom. The number of aryl methyl sites for hydroxylation is 1. The molecule has 0 spiro atoms. The quantitative estimate of drug-likeness (QED) is 0.917. The van der Waals surface area contributed by atoms with E-state index in [4.69, 9.17) is 0 Å². The Morgan fingerprint density at radius 3 is 3.00 bits per heavy atom. The minimum atomic E-state index is 0.195. The molecule has 0 aliphatic carbocycles. The van der Waals surface area contributed by atoms with Crippen LogP contribution in [0.5, 0.6) is 0 Å². The summed E-state index contributed by atoms with van der Waals surface area (Å²) in [6.45, 7) is 5.32. The van der Waals surface area contributed by atoms with Gasteiger partial charge in [0, 0.05) is 24.4 Å². The Hall–Kier alpha value is -1.27. The fraction of sp³-hybridized carbons (Fsp3) is 0.583. The highest BCUT2D eigenvalue weighted by molar-refractivity contribution is 7.07. The summed E-state index contributed by atoms with van der Waals surface area (Å²) in [5, 5.41) is 14.2. The van der Waals surface area contributed by atoms with Gasteiger partial charge in [0.25, 0.3) is 0 Å². The van der Waals surface area contributed by atoms with Crippen molar-refractivity contribution < 1.29 is 0 Å². The molecule has 1 aliphatic rings. The SMILES string of the molecule is CC(NC(C)c1nnc2n1CCC2)c1cscn1. The van der Waals surface area contributed by atoms with E-state index < -0.39 is 0 Å². The van der Waals surface area contributed by atoms with Crippen LogP contribution in [0.3, 0.4) is 0 Å². The van der Waals surface area contributed by atoms with Crippen molar-refractivity contribution in [1.82, 2.24) is 25.1 Å². The van der Waals surface area contributed by atoms with Gasteiger partial charge in [0.15, 0.2) is 0 Å². The van der Waals surface area contributed by atoms with Gasteiger partial charge in [-0.2, -0.15) is 0 Å². The number of nitrogens with zero attached hydrogens (tertiary/aromatic N) is 4. The lowest BCUT2D eigenvalue weighted by atomic mass is 10.2. The highest BCUT2D eigenvalue weighted by Crippen LogP contribution is 2.22. The molecule has 0 radical (unpaired) electrons. The molecule has 2 atom stereocenters. The summed E-state index contributed by atoms with van der Waals surface area (Å²) in [6.07, 6.45) is 2.24. The molecule has 0 aromatic carbocycles. The zero-order chi connectivity index (χ0) is 12.5. The summed E-state index contributed by atoms with van der Waals surface area (Å²) < 4.78 is 2.24. The number of fused-ring (bicyclic) bond motifs is 1. The van der Waals surface area contributed by atoms with Crippen LogP contribution < -0.4 is 5.32 Å². The van der Waals surface area contributed by atoms with Crippen molar-refractivity contribution in [2.75, 3.05) is 0 Å². The Bertz CT molecular complexity index is 519. The second kappa shape index (κ2) is 4.78. The van der Waals surface area contributed by atoms with E-state index in [-0.39, 0.29) is 12.1 Å². The van der Waals surface area contributed by atoms with Crippen LogP contribution in [0.15, 0.2) is 10.9 Å². The summed E-state index contributed by atoms with van der Waals surface area (Å²) in [4.78, 5) is 4.34. The number of hydrogen-bond donors (Lipinski definition) is 1. The number of nitrogens with one attached hydrogen (secondary N) is 1. The molecule has 6 heteroatoms. The molecule has 1 aliphatic heterocycles. The standard InChI is InChI=1S/C12H17N5S/c1-8(10-6-18-7-13-10)14-9(2)12-16-15-11-4-3-5-17(11)12/h6-9,14H,3-5H2,1-2H3. The van der Waals surface area contributed by atoms with Gasteiger partial charge in [-0.25, -0.2) is 4.98 Å². The monoisotopic (exact) mass is 263 g/mol. The smallest absolute Gasteiger partial charge is 0.149 e. The molecule has 2 aromatic heterocycles. The molecule has 0 saturated carbocycles. The molecule has 96 valence electrons. The third-order valence-electron chi connectivity index (χ3n) is 3.42. The van der Waals surface area contributed by atoms with Gasteiger partial charge in [-0.1, -0.05) is 0 Å². The van der Waals surface area contributed by atoms with E-state index >= 15 is 0 Å². The average molecular weight is 263 g/mol. The molecule has 3 rings (SSSR count). The van der Waals surface area contributed by atoms with E-state index in [1.807, 2.05) is 5.51 Å². The maximum absolute atomic E-state index is 4.34. The van der Waals surface area contributed by atoms with Crippen molar-refractivity contribution in [3.8, 4) is 0 Å². The first-order valence-electron chi connectivity index (χ1n) is 6.32. The highest BCUT2D eigenvalue weighted by Gasteiger charge is 2.22. The van der Waals surface area contributed by atoms with Gasteiger partial charge >= 0.3 is 0 Å². The highest BCUT2D eigenvalue weighted by atomic mass is 32.1. The van der Waals surface area contributed by atoms with Crippen molar-refractivity contribution in [3.05, 3.63) is 28.2 Å². The summed E-state index contributed by atoms with van der Waals surface area (Å²) in [7, 11) is 0. The van der Waals surface area contributed by atoms with Gasteiger partial charge in [-0.05, 0) is 20.3 Å². The van der Waals surface area contributed by atoms with E-state index in [9.17, 15) is 0 Å². The van der Waals surface area contributed by atoms with Crippen LogP contribution in [0, 0.1) is 0 Å². The van der Waals surface area contributed by atoms with Crippen molar-refractivity contribution in [2.24, 2.45) is 0 Å². The molecular weight excluding hydrogens is 246 g/mol. The largest absolute Gasteiger partial charge is 0.314 e. The molecule has 2 unspecified atom stereocenters. The van der Waals surface area contributed by atoms with E-state index in [1.54, 1.807) is 11.3 Å². The predicted octanol–water partition coefficient (Wildman–Crippen LogP) is 2.09. The average Bonchev–Trinajstić information content (AvgIpc) is 3.06. The minimum absolute atomic E-state index is 0.195.